The van der Waals surface area contributed by atoms with Crippen LogP contribution in [0.15, 0.2) is 46.2 Å². The predicted octanol–water partition coefficient (Wildman–Crippen LogP) is 1.65. The number of benzene rings is 2. The summed E-state index contributed by atoms with van der Waals surface area (Å²) in [5.41, 5.74) is 13.2. The Morgan fingerprint density at radius 1 is 0.708 bits per heavy atom. The lowest BCUT2D eigenvalue weighted by atomic mass is 10.2. The van der Waals surface area contributed by atoms with Gasteiger partial charge in [-0.1, -0.05) is 6.07 Å². The monoisotopic (exact) mass is 374 g/mol. The number of hydrogen-bond acceptors (Lipinski definition) is 6. The first-order valence-corrected chi connectivity index (χ1v) is 9.37. The average Bonchev–Trinajstić information content (AvgIpc) is 2.43. The summed E-state index contributed by atoms with van der Waals surface area (Å²) in [4.78, 5) is -0.306. The fraction of sp³-hybridized carbons (Fsp3) is 0.143. The maximum absolute atomic E-state index is 10.6. The van der Waals surface area contributed by atoms with E-state index in [0.29, 0.717) is 16.9 Å². The van der Waals surface area contributed by atoms with Gasteiger partial charge in [-0.15, -0.1) is 0 Å². The molecule has 2 aromatic rings. The Labute approximate surface area is 140 Å². The molecule has 8 nitrogen and oxygen atoms in total. The smallest absolute Gasteiger partial charge is 0.294 e. The van der Waals surface area contributed by atoms with Crippen molar-refractivity contribution in [3.05, 3.63) is 47.5 Å². The highest BCUT2D eigenvalue weighted by Gasteiger charge is 2.10. The average molecular weight is 374 g/mol. The topological polar surface area (TPSA) is 161 Å². The zero-order chi connectivity index (χ0) is 18.7. The van der Waals surface area contributed by atoms with Crippen molar-refractivity contribution in [2.24, 2.45) is 0 Å². The van der Waals surface area contributed by atoms with Crippen molar-refractivity contribution in [1.82, 2.24) is 0 Å². The first-order valence-electron chi connectivity index (χ1n) is 6.49. The Hall–Kier alpha value is -2.14. The molecular weight excluding hydrogens is 356 g/mol. The minimum atomic E-state index is -4.12. The summed E-state index contributed by atoms with van der Waals surface area (Å²) >= 11 is 0. The second-order valence-corrected chi connectivity index (χ2v) is 7.83. The molecule has 2 aromatic carbocycles. The van der Waals surface area contributed by atoms with Gasteiger partial charge in [0, 0.05) is 11.4 Å². The Morgan fingerprint density at radius 3 is 1.58 bits per heavy atom. The summed E-state index contributed by atoms with van der Waals surface area (Å²) in [5.74, 6) is 0. The molecule has 10 heteroatoms. The highest BCUT2D eigenvalue weighted by atomic mass is 32.2. The molecule has 0 amide bonds. The predicted molar refractivity (Wildman–Crippen MR) is 90.8 cm³/mol. The van der Waals surface area contributed by atoms with Gasteiger partial charge in [-0.3, -0.25) is 9.11 Å². The molecule has 0 spiro atoms. The standard InChI is InChI=1S/2C7H9NO3S/c1-5-4-6(12(9,10)11)2-3-7(5)8;1-5-2-3-6(4-7(5)8)12(9,10)11/h2*2-4H,8H2,1H3,(H,9,10,11). The second-order valence-electron chi connectivity index (χ2n) is 4.99. The van der Waals surface area contributed by atoms with E-state index < -0.39 is 20.2 Å². The number of hydrogen-bond donors (Lipinski definition) is 4. The van der Waals surface area contributed by atoms with Gasteiger partial charge in [-0.05, 0) is 55.3 Å². The zero-order valence-corrected chi connectivity index (χ0v) is 14.6. The van der Waals surface area contributed by atoms with Crippen LogP contribution in [0.25, 0.3) is 0 Å². The van der Waals surface area contributed by atoms with Crippen molar-refractivity contribution in [3.63, 3.8) is 0 Å². The van der Waals surface area contributed by atoms with E-state index in [0.717, 1.165) is 5.56 Å². The van der Waals surface area contributed by atoms with Crippen LogP contribution < -0.4 is 11.5 Å². The van der Waals surface area contributed by atoms with Crippen LogP contribution >= 0.6 is 0 Å². The molecule has 6 N–H and O–H groups in total. The highest BCUT2D eigenvalue weighted by molar-refractivity contribution is 7.86. The summed E-state index contributed by atoms with van der Waals surface area (Å²) in [6, 6.07) is 8.10. The van der Waals surface area contributed by atoms with Gasteiger partial charge in [0.2, 0.25) is 0 Å². The fourth-order valence-corrected chi connectivity index (χ4v) is 2.67. The van der Waals surface area contributed by atoms with Crippen molar-refractivity contribution in [2.45, 2.75) is 23.6 Å². The van der Waals surface area contributed by atoms with Crippen LogP contribution in [0.2, 0.25) is 0 Å². The van der Waals surface area contributed by atoms with Crippen LogP contribution in [0, 0.1) is 13.8 Å². The molecule has 0 atom stereocenters. The third-order valence-electron chi connectivity index (χ3n) is 3.09. The van der Waals surface area contributed by atoms with Gasteiger partial charge in [-0.25, -0.2) is 0 Å². The number of rotatable bonds is 2. The molecule has 0 heterocycles. The van der Waals surface area contributed by atoms with Crippen molar-refractivity contribution in [3.8, 4) is 0 Å². The van der Waals surface area contributed by atoms with E-state index in [1.807, 2.05) is 0 Å². The lowest BCUT2D eigenvalue weighted by Gasteiger charge is -2.01. The molecule has 0 fully saturated rings. The molecule has 132 valence electrons. The van der Waals surface area contributed by atoms with E-state index in [1.165, 1.54) is 30.3 Å². The number of nitrogen functional groups attached to an aromatic ring is 2. The van der Waals surface area contributed by atoms with E-state index in [-0.39, 0.29) is 9.79 Å². The number of nitrogens with two attached hydrogens (primary N) is 2. The maximum atomic E-state index is 10.6. The largest absolute Gasteiger partial charge is 0.399 e. The van der Waals surface area contributed by atoms with Gasteiger partial charge < -0.3 is 11.5 Å². The Kier molecular flexibility index (Phi) is 5.95. The van der Waals surface area contributed by atoms with Crippen LogP contribution in [-0.4, -0.2) is 25.9 Å². The zero-order valence-electron chi connectivity index (χ0n) is 13.0. The molecule has 24 heavy (non-hydrogen) atoms. The van der Waals surface area contributed by atoms with E-state index in [4.69, 9.17) is 20.6 Å². The van der Waals surface area contributed by atoms with Crippen LogP contribution in [0.5, 0.6) is 0 Å². The van der Waals surface area contributed by atoms with Gasteiger partial charge in [-0.2, -0.15) is 16.8 Å². The van der Waals surface area contributed by atoms with Crippen LogP contribution in [-0.2, 0) is 20.2 Å². The lowest BCUT2D eigenvalue weighted by molar-refractivity contribution is 0.481. The second kappa shape index (κ2) is 7.18. The molecule has 0 saturated carbocycles. The number of aryl methyl sites for hydroxylation is 2. The van der Waals surface area contributed by atoms with Gasteiger partial charge in [0.05, 0.1) is 9.79 Å². The first-order chi connectivity index (χ1) is 10.8. The van der Waals surface area contributed by atoms with Crippen molar-refractivity contribution < 1.29 is 25.9 Å². The quantitative estimate of drug-likeness (QED) is 0.455. The van der Waals surface area contributed by atoms with E-state index in [2.05, 4.69) is 0 Å². The summed E-state index contributed by atoms with van der Waals surface area (Å²) in [6.45, 7) is 3.42. The Bertz CT molecular complexity index is 874. The minimum Gasteiger partial charge on any atom is -0.399 e. The van der Waals surface area contributed by atoms with Gasteiger partial charge in [0.1, 0.15) is 0 Å². The maximum Gasteiger partial charge on any atom is 0.294 e. The third-order valence-corrected chi connectivity index (χ3v) is 4.79. The molecule has 0 aliphatic carbocycles. The summed E-state index contributed by atoms with van der Waals surface area (Å²) in [6.07, 6.45) is 0. The molecule has 0 radical (unpaired) electrons. The molecule has 0 aliphatic heterocycles. The van der Waals surface area contributed by atoms with E-state index in [9.17, 15) is 16.8 Å². The third kappa shape index (κ3) is 5.49. The van der Waals surface area contributed by atoms with Gasteiger partial charge in [0.25, 0.3) is 20.2 Å². The Balaban J connectivity index is 0.000000240. The molecule has 0 saturated heterocycles. The SMILES string of the molecule is Cc1cc(S(=O)(=O)O)ccc1N.Cc1ccc(S(=O)(=O)O)cc1N. The molecule has 2 rings (SSSR count). The summed E-state index contributed by atoms with van der Waals surface area (Å²) in [5, 5.41) is 0. The molecule has 0 bridgehead atoms. The minimum absolute atomic E-state index is 0.130. The molecule has 0 unspecified atom stereocenters. The number of anilines is 2. The van der Waals surface area contributed by atoms with Crippen molar-refractivity contribution in [1.29, 1.82) is 0 Å². The summed E-state index contributed by atoms with van der Waals surface area (Å²) in [7, 11) is -8.22. The van der Waals surface area contributed by atoms with Crippen molar-refractivity contribution in [2.75, 3.05) is 11.5 Å². The van der Waals surface area contributed by atoms with Gasteiger partial charge >= 0.3 is 0 Å². The van der Waals surface area contributed by atoms with E-state index in [1.54, 1.807) is 19.9 Å². The molecule has 0 aromatic heterocycles. The lowest BCUT2D eigenvalue weighted by Crippen LogP contribution is -2.00. The van der Waals surface area contributed by atoms with Crippen molar-refractivity contribution >= 4 is 31.6 Å². The Morgan fingerprint density at radius 2 is 1.17 bits per heavy atom. The van der Waals surface area contributed by atoms with Gasteiger partial charge in [0.15, 0.2) is 0 Å². The van der Waals surface area contributed by atoms with Crippen LogP contribution in [0.1, 0.15) is 11.1 Å². The van der Waals surface area contributed by atoms with Crippen LogP contribution in [0.4, 0.5) is 11.4 Å². The highest BCUT2D eigenvalue weighted by Crippen LogP contribution is 2.17. The fourth-order valence-electron chi connectivity index (χ4n) is 1.59. The van der Waals surface area contributed by atoms with Crippen LogP contribution in [0.3, 0.4) is 0 Å². The molecular formula is C14H18N2O6S2. The normalized spacial score (nSPS) is 11.5. The summed E-state index contributed by atoms with van der Waals surface area (Å²) < 4.78 is 59.7. The molecule has 0 aliphatic rings. The first kappa shape index (κ1) is 19.9. The van der Waals surface area contributed by atoms with E-state index >= 15 is 0 Å².